The number of nitrogens with zero attached hydrogens (tertiary/aromatic N) is 3. The summed E-state index contributed by atoms with van der Waals surface area (Å²) in [5.74, 6) is 0.821. The molecule has 0 radical (unpaired) electrons. The van der Waals surface area contributed by atoms with E-state index in [9.17, 15) is 0 Å². The second kappa shape index (κ2) is 7.06. The minimum Gasteiger partial charge on any atom is -0.494 e. The molecule has 0 aliphatic rings. The van der Waals surface area contributed by atoms with Crippen LogP contribution in [0.1, 0.15) is 13.3 Å². The lowest BCUT2D eigenvalue weighted by Crippen LogP contribution is -1.96. The van der Waals surface area contributed by atoms with E-state index in [1.807, 2.05) is 30.3 Å². The Labute approximate surface area is 160 Å². The Bertz CT molecular complexity index is 1110. The molecule has 0 saturated heterocycles. The molecule has 2 aromatic carbocycles. The van der Waals surface area contributed by atoms with E-state index in [-0.39, 0.29) is 5.28 Å². The Kier molecular flexibility index (Phi) is 4.62. The molecule has 0 spiro atoms. The molecule has 2 heterocycles. The van der Waals surface area contributed by atoms with Crippen LogP contribution in [0.15, 0.2) is 48.7 Å². The van der Waals surface area contributed by atoms with E-state index >= 15 is 0 Å². The summed E-state index contributed by atoms with van der Waals surface area (Å²) in [5, 5.41) is 3.27. The van der Waals surface area contributed by atoms with E-state index in [4.69, 9.17) is 27.9 Å². The summed E-state index contributed by atoms with van der Waals surface area (Å²) >= 11 is 12.1. The maximum atomic E-state index is 6.14. The van der Waals surface area contributed by atoms with E-state index in [1.54, 1.807) is 6.20 Å². The summed E-state index contributed by atoms with van der Waals surface area (Å²) in [6.45, 7) is 2.75. The number of ether oxygens (including phenoxy) is 1. The molecule has 0 saturated carbocycles. The third-order valence-corrected chi connectivity index (χ3v) is 4.55. The Balaban J connectivity index is 1.93. The zero-order chi connectivity index (χ0) is 18.1. The molecule has 4 aromatic rings. The lowest BCUT2D eigenvalue weighted by Gasteiger charge is -2.12. The first-order chi connectivity index (χ1) is 12.7. The van der Waals surface area contributed by atoms with Crippen LogP contribution < -0.4 is 4.74 Å². The minimum absolute atomic E-state index is 0.115. The summed E-state index contributed by atoms with van der Waals surface area (Å²) in [5.41, 5.74) is 2.41. The maximum Gasteiger partial charge on any atom is 0.224 e. The monoisotopic (exact) mass is 383 g/mol. The van der Waals surface area contributed by atoms with Crippen molar-refractivity contribution in [3.8, 4) is 17.0 Å². The van der Waals surface area contributed by atoms with Gasteiger partial charge in [0.05, 0.1) is 23.2 Å². The molecule has 0 amide bonds. The van der Waals surface area contributed by atoms with Crippen molar-refractivity contribution in [1.29, 1.82) is 0 Å². The van der Waals surface area contributed by atoms with E-state index in [1.165, 1.54) is 0 Å². The van der Waals surface area contributed by atoms with E-state index in [0.29, 0.717) is 22.7 Å². The Morgan fingerprint density at radius 3 is 2.69 bits per heavy atom. The van der Waals surface area contributed by atoms with Gasteiger partial charge in [0.2, 0.25) is 5.28 Å². The molecule has 0 unspecified atom stereocenters. The van der Waals surface area contributed by atoms with Crippen molar-refractivity contribution in [3.05, 3.63) is 59.1 Å². The molecule has 0 aliphatic carbocycles. The fraction of sp³-hybridized carbons (Fsp3) is 0.150. The van der Waals surface area contributed by atoms with Gasteiger partial charge < -0.3 is 4.74 Å². The van der Waals surface area contributed by atoms with Crippen LogP contribution in [0.2, 0.25) is 10.4 Å². The largest absolute Gasteiger partial charge is 0.494 e. The van der Waals surface area contributed by atoms with Crippen LogP contribution in [-0.4, -0.2) is 21.6 Å². The molecule has 4 nitrogen and oxygen atoms in total. The Morgan fingerprint density at radius 1 is 1.00 bits per heavy atom. The minimum atomic E-state index is 0.115. The quantitative estimate of drug-likeness (QED) is 0.323. The highest BCUT2D eigenvalue weighted by atomic mass is 35.5. The number of rotatable bonds is 4. The SMILES string of the molecule is CCCOc1cc(-c2cc3nc(Cl)nc(Cl)c3cn2)c2ccccc2c1. The van der Waals surface area contributed by atoms with E-state index in [2.05, 4.69) is 34.0 Å². The fourth-order valence-electron chi connectivity index (χ4n) is 2.91. The highest BCUT2D eigenvalue weighted by Gasteiger charge is 2.12. The predicted octanol–water partition coefficient (Wildman–Crippen LogP) is 5.94. The number of hydrogen-bond acceptors (Lipinski definition) is 4. The fourth-order valence-corrected chi connectivity index (χ4v) is 3.35. The maximum absolute atomic E-state index is 6.14. The summed E-state index contributed by atoms with van der Waals surface area (Å²) in [7, 11) is 0. The second-order valence-electron chi connectivity index (χ2n) is 5.91. The van der Waals surface area contributed by atoms with Crippen LogP contribution in [0, 0.1) is 0 Å². The molecule has 130 valence electrons. The van der Waals surface area contributed by atoms with Gasteiger partial charge in [-0.05, 0) is 47.0 Å². The van der Waals surface area contributed by atoms with Gasteiger partial charge in [0.1, 0.15) is 10.9 Å². The molecule has 0 fully saturated rings. The zero-order valence-corrected chi connectivity index (χ0v) is 15.6. The standard InChI is InChI=1S/C20H15Cl2N3O/c1-2-7-26-13-8-12-5-3-4-6-14(12)15(9-13)17-10-18-16(11-23-17)19(21)25-20(22)24-18/h3-6,8-11H,2,7H2,1H3. The summed E-state index contributed by atoms with van der Waals surface area (Å²) in [6, 6.07) is 14.1. The van der Waals surface area contributed by atoms with Crippen molar-refractivity contribution in [1.82, 2.24) is 15.0 Å². The van der Waals surface area contributed by atoms with Gasteiger partial charge in [0.15, 0.2) is 0 Å². The first kappa shape index (κ1) is 17.0. The van der Waals surface area contributed by atoms with Gasteiger partial charge in [0.25, 0.3) is 0 Å². The average Bonchev–Trinajstić information content (AvgIpc) is 2.65. The topological polar surface area (TPSA) is 47.9 Å². The summed E-state index contributed by atoms with van der Waals surface area (Å²) in [6.07, 6.45) is 2.63. The summed E-state index contributed by atoms with van der Waals surface area (Å²) < 4.78 is 5.86. The molecule has 0 N–H and O–H groups in total. The molecule has 26 heavy (non-hydrogen) atoms. The Hall–Kier alpha value is -2.43. The average molecular weight is 384 g/mol. The third kappa shape index (κ3) is 3.18. The first-order valence-electron chi connectivity index (χ1n) is 8.30. The lowest BCUT2D eigenvalue weighted by atomic mass is 10.0. The third-order valence-electron chi connectivity index (χ3n) is 4.09. The number of hydrogen-bond donors (Lipinski definition) is 0. The van der Waals surface area contributed by atoms with Crippen molar-refractivity contribution in [2.24, 2.45) is 0 Å². The van der Waals surface area contributed by atoms with Gasteiger partial charge in [-0.1, -0.05) is 42.8 Å². The van der Waals surface area contributed by atoms with Crippen LogP contribution in [0.25, 0.3) is 32.9 Å². The summed E-state index contributed by atoms with van der Waals surface area (Å²) in [4.78, 5) is 12.8. The predicted molar refractivity (Wildman–Crippen MR) is 106 cm³/mol. The van der Waals surface area contributed by atoms with Crippen molar-refractivity contribution >= 4 is 44.9 Å². The molecule has 6 heteroatoms. The van der Waals surface area contributed by atoms with Crippen molar-refractivity contribution in [3.63, 3.8) is 0 Å². The normalized spacial score (nSPS) is 11.2. The number of pyridine rings is 1. The lowest BCUT2D eigenvalue weighted by molar-refractivity contribution is 0.318. The van der Waals surface area contributed by atoms with Gasteiger partial charge in [-0.3, -0.25) is 4.98 Å². The van der Waals surface area contributed by atoms with Crippen LogP contribution in [0.5, 0.6) is 5.75 Å². The number of halogens is 2. The highest BCUT2D eigenvalue weighted by Crippen LogP contribution is 2.34. The Morgan fingerprint density at radius 2 is 1.85 bits per heavy atom. The van der Waals surface area contributed by atoms with Crippen molar-refractivity contribution in [2.75, 3.05) is 6.61 Å². The van der Waals surface area contributed by atoms with Crippen LogP contribution in [0.3, 0.4) is 0 Å². The molecule has 0 bridgehead atoms. The first-order valence-corrected chi connectivity index (χ1v) is 9.06. The zero-order valence-electron chi connectivity index (χ0n) is 14.0. The van der Waals surface area contributed by atoms with Gasteiger partial charge >= 0.3 is 0 Å². The van der Waals surface area contributed by atoms with Crippen LogP contribution >= 0.6 is 23.2 Å². The van der Waals surface area contributed by atoms with Crippen molar-refractivity contribution < 1.29 is 4.74 Å². The highest BCUT2D eigenvalue weighted by molar-refractivity contribution is 6.35. The van der Waals surface area contributed by atoms with Gasteiger partial charge in [0, 0.05) is 11.8 Å². The van der Waals surface area contributed by atoms with Crippen LogP contribution in [-0.2, 0) is 0 Å². The van der Waals surface area contributed by atoms with Gasteiger partial charge in [-0.2, -0.15) is 0 Å². The number of fused-ring (bicyclic) bond motifs is 2. The van der Waals surface area contributed by atoms with E-state index in [0.717, 1.165) is 34.2 Å². The molecular weight excluding hydrogens is 369 g/mol. The number of aromatic nitrogens is 3. The van der Waals surface area contributed by atoms with Crippen molar-refractivity contribution in [2.45, 2.75) is 13.3 Å². The number of benzene rings is 2. The smallest absolute Gasteiger partial charge is 0.224 e. The van der Waals surface area contributed by atoms with Gasteiger partial charge in [-0.25, -0.2) is 9.97 Å². The van der Waals surface area contributed by atoms with Crippen LogP contribution in [0.4, 0.5) is 0 Å². The van der Waals surface area contributed by atoms with Gasteiger partial charge in [-0.15, -0.1) is 0 Å². The molecule has 4 rings (SSSR count). The molecule has 2 aromatic heterocycles. The second-order valence-corrected chi connectivity index (χ2v) is 6.61. The molecular formula is C20H15Cl2N3O. The van der Waals surface area contributed by atoms with E-state index < -0.39 is 0 Å². The molecule has 0 aliphatic heterocycles. The molecule has 0 atom stereocenters.